The molecule has 114 valence electrons. The second-order valence-electron chi connectivity index (χ2n) is 5.62. The fourth-order valence-corrected chi connectivity index (χ4v) is 3.41. The average Bonchev–Trinajstić information content (AvgIpc) is 2.85. The van der Waals surface area contributed by atoms with Crippen molar-refractivity contribution in [2.45, 2.75) is 52.4 Å². The summed E-state index contributed by atoms with van der Waals surface area (Å²) < 4.78 is 0.854. The summed E-state index contributed by atoms with van der Waals surface area (Å²) in [6.07, 6.45) is 5.83. The molecule has 0 saturated heterocycles. The molecule has 4 heteroatoms. The molecule has 0 N–H and O–H groups in total. The van der Waals surface area contributed by atoms with E-state index >= 15 is 0 Å². The second kappa shape index (κ2) is 7.21. The minimum atomic E-state index is 0.0393. The van der Waals surface area contributed by atoms with Crippen LogP contribution in [-0.2, 0) is 11.2 Å². The summed E-state index contributed by atoms with van der Waals surface area (Å²) >= 11 is 3.51. The Labute approximate surface area is 134 Å². The zero-order chi connectivity index (χ0) is 15.4. The van der Waals surface area contributed by atoms with Crippen LogP contribution in [-0.4, -0.2) is 18.2 Å². The summed E-state index contributed by atoms with van der Waals surface area (Å²) in [6.45, 7) is 4.45. The Hall–Kier alpha value is -1.16. The number of hydrogen-bond acceptors (Lipinski definition) is 2. The van der Waals surface area contributed by atoms with Gasteiger partial charge in [0.05, 0.1) is 0 Å². The van der Waals surface area contributed by atoms with Crippen molar-refractivity contribution in [2.75, 3.05) is 11.4 Å². The molecule has 2 rings (SSSR count). The first kappa shape index (κ1) is 16.2. The second-order valence-corrected chi connectivity index (χ2v) is 6.47. The number of halogens is 1. The molecule has 0 radical (unpaired) electrons. The van der Waals surface area contributed by atoms with Crippen LogP contribution in [0.3, 0.4) is 0 Å². The van der Waals surface area contributed by atoms with Crippen LogP contribution in [0.15, 0.2) is 16.6 Å². The van der Waals surface area contributed by atoms with Crippen molar-refractivity contribution in [3.63, 3.8) is 0 Å². The summed E-state index contributed by atoms with van der Waals surface area (Å²) in [4.78, 5) is 25.8. The fraction of sp³-hybridized carbons (Fsp3) is 0.529. The molecule has 0 aliphatic carbocycles. The first-order chi connectivity index (χ1) is 10.0. The first-order valence-corrected chi connectivity index (χ1v) is 8.47. The number of unbranched alkanes of at least 4 members (excludes halogenated alkanes) is 3. The quantitative estimate of drug-likeness (QED) is 0.558. The molecule has 0 spiro atoms. The molecule has 0 saturated carbocycles. The molecule has 0 unspecified atom stereocenters. The van der Waals surface area contributed by atoms with Crippen LogP contribution >= 0.6 is 15.9 Å². The molecule has 0 fully saturated rings. The Kier molecular flexibility index (Phi) is 5.57. The third-order valence-electron chi connectivity index (χ3n) is 4.00. The highest BCUT2D eigenvalue weighted by atomic mass is 79.9. The molecular weight excluding hydrogens is 330 g/mol. The molecule has 0 aromatic heterocycles. The Morgan fingerprint density at radius 2 is 2.00 bits per heavy atom. The molecular formula is C17H22BrNO2. The SMILES string of the molecule is CCCCCCC(=O)c1cc2c(cc1Br)CCN2C(C)=O. The topological polar surface area (TPSA) is 37.4 Å². The Morgan fingerprint density at radius 3 is 2.67 bits per heavy atom. The molecule has 21 heavy (non-hydrogen) atoms. The molecule has 3 nitrogen and oxygen atoms in total. The number of anilines is 1. The van der Waals surface area contributed by atoms with Crippen LogP contribution in [0.1, 0.15) is 61.9 Å². The van der Waals surface area contributed by atoms with E-state index in [0.29, 0.717) is 18.5 Å². The van der Waals surface area contributed by atoms with Gasteiger partial charge in [0.2, 0.25) is 5.91 Å². The zero-order valence-electron chi connectivity index (χ0n) is 12.7. The number of amides is 1. The molecule has 1 aliphatic heterocycles. The summed E-state index contributed by atoms with van der Waals surface area (Å²) in [5.41, 5.74) is 2.75. The van der Waals surface area contributed by atoms with E-state index in [-0.39, 0.29) is 11.7 Å². The van der Waals surface area contributed by atoms with E-state index in [1.54, 1.807) is 11.8 Å². The number of rotatable bonds is 6. The fourth-order valence-electron chi connectivity index (χ4n) is 2.79. The van der Waals surface area contributed by atoms with Crippen molar-refractivity contribution in [1.82, 2.24) is 0 Å². The highest BCUT2D eigenvalue weighted by molar-refractivity contribution is 9.10. The number of Topliss-reactive ketones (excluding diaryl/α,β-unsaturated/α-hetero) is 1. The largest absolute Gasteiger partial charge is 0.312 e. The van der Waals surface area contributed by atoms with Gasteiger partial charge in [0.15, 0.2) is 5.78 Å². The first-order valence-electron chi connectivity index (χ1n) is 7.68. The number of carbonyl (C=O) groups is 2. The van der Waals surface area contributed by atoms with Crippen molar-refractivity contribution in [1.29, 1.82) is 0 Å². The van der Waals surface area contributed by atoms with Gasteiger partial charge in [0, 0.05) is 35.6 Å². The predicted octanol–water partition coefficient (Wildman–Crippen LogP) is 4.51. The number of carbonyl (C=O) groups excluding carboxylic acids is 2. The lowest BCUT2D eigenvalue weighted by molar-refractivity contribution is -0.116. The van der Waals surface area contributed by atoms with Gasteiger partial charge >= 0.3 is 0 Å². The summed E-state index contributed by atoms with van der Waals surface area (Å²) in [6, 6.07) is 3.88. The van der Waals surface area contributed by atoms with Crippen LogP contribution in [0.4, 0.5) is 5.69 Å². The van der Waals surface area contributed by atoms with Gasteiger partial charge in [0.1, 0.15) is 0 Å². The van der Waals surface area contributed by atoms with Gasteiger partial charge in [0.25, 0.3) is 0 Å². The molecule has 1 heterocycles. The van der Waals surface area contributed by atoms with E-state index in [2.05, 4.69) is 22.9 Å². The summed E-state index contributed by atoms with van der Waals surface area (Å²) in [7, 11) is 0. The van der Waals surface area contributed by atoms with Gasteiger partial charge in [-0.05, 0) is 30.5 Å². The molecule has 1 aromatic rings. The number of nitrogens with zero attached hydrogens (tertiary/aromatic N) is 1. The van der Waals surface area contributed by atoms with Crippen molar-refractivity contribution in [3.05, 3.63) is 27.7 Å². The van der Waals surface area contributed by atoms with Gasteiger partial charge in [-0.2, -0.15) is 0 Å². The monoisotopic (exact) mass is 351 g/mol. The van der Waals surface area contributed by atoms with Gasteiger partial charge in [-0.25, -0.2) is 0 Å². The van der Waals surface area contributed by atoms with Crippen molar-refractivity contribution in [3.8, 4) is 0 Å². The molecule has 1 amide bonds. The lowest BCUT2D eigenvalue weighted by Gasteiger charge is -2.16. The van der Waals surface area contributed by atoms with Crippen LogP contribution < -0.4 is 4.90 Å². The normalized spacial score (nSPS) is 13.4. The Bertz CT molecular complexity index is 554. The Morgan fingerprint density at radius 1 is 1.24 bits per heavy atom. The van der Waals surface area contributed by atoms with Gasteiger partial charge in [-0.15, -0.1) is 0 Å². The maximum absolute atomic E-state index is 12.4. The maximum atomic E-state index is 12.4. The zero-order valence-corrected chi connectivity index (χ0v) is 14.3. The van der Waals surface area contributed by atoms with Crippen LogP contribution in [0.25, 0.3) is 0 Å². The maximum Gasteiger partial charge on any atom is 0.223 e. The molecule has 0 atom stereocenters. The standard InChI is InChI=1S/C17H22BrNO2/c1-3-4-5-6-7-17(21)14-11-16-13(10-15(14)18)8-9-19(16)12(2)20/h10-11H,3-9H2,1-2H3. The van der Waals surface area contributed by atoms with E-state index < -0.39 is 0 Å². The molecule has 1 aromatic carbocycles. The van der Waals surface area contributed by atoms with Crippen molar-refractivity contribution < 1.29 is 9.59 Å². The highest BCUT2D eigenvalue weighted by Gasteiger charge is 2.24. The minimum absolute atomic E-state index is 0.0393. The van der Waals surface area contributed by atoms with Crippen molar-refractivity contribution >= 4 is 33.3 Å². The Balaban J connectivity index is 2.15. The van der Waals surface area contributed by atoms with Crippen LogP contribution in [0.2, 0.25) is 0 Å². The van der Waals surface area contributed by atoms with Gasteiger partial charge < -0.3 is 4.90 Å². The van der Waals surface area contributed by atoms with E-state index in [0.717, 1.165) is 35.0 Å². The van der Waals surface area contributed by atoms with E-state index in [1.807, 2.05) is 12.1 Å². The number of benzene rings is 1. The highest BCUT2D eigenvalue weighted by Crippen LogP contribution is 2.34. The molecule has 0 bridgehead atoms. The van der Waals surface area contributed by atoms with E-state index in [9.17, 15) is 9.59 Å². The summed E-state index contributed by atoms with van der Waals surface area (Å²) in [5.74, 6) is 0.202. The van der Waals surface area contributed by atoms with E-state index in [4.69, 9.17) is 0 Å². The number of fused-ring (bicyclic) bond motifs is 1. The number of hydrogen-bond donors (Lipinski definition) is 0. The van der Waals surface area contributed by atoms with Crippen LogP contribution in [0.5, 0.6) is 0 Å². The minimum Gasteiger partial charge on any atom is -0.312 e. The third-order valence-corrected chi connectivity index (χ3v) is 4.66. The molecule has 1 aliphatic rings. The lowest BCUT2D eigenvalue weighted by Crippen LogP contribution is -2.25. The van der Waals surface area contributed by atoms with Gasteiger partial charge in [-0.1, -0.05) is 42.1 Å². The van der Waals surface area contributed by atoms with Crippen molar-refractivity contribution in [2.24, 2.45) is 0 Å². The van der Waals surface area contributed by atoms with Gasteiger partial charge in [-0.3, -0.25) is 9.59 Å². The average molecular weight is 352 g/mol. The van der Waals surface area contributed by atoms with E-state index in [1.165, 1.54) is 12.8 Å². The summed E-state index contributed by atoms with van der Waals surface area (Å²) in [5, 5.41) is 0. The number of ketones is 1. The third kappa shape index (κ3) is 3.73. The smallest absolute Gasteiger partial charge is 0.223 e. The predicted molar refractivity (Wildman–Crippen MR) is 89.0 cm³/mol. The lowest BCUT2D eigenvalue weighted by atomic mass is 10.0. The van der Waals surface area contributed by atoms with Crippen LogP contribution in [0, 0.1) is 0 Å².